The van der Waals surface area contributed by atoms with Gasteiger partial charge in [0.15, 0.2) is 0 Å². The second kappa shape index (κ2) is 7.28. The van der Waals surface area contributed by atoms with Gasteiger partial charge in [-0.15, -0.1) is 0 Å². The maximum atomic E-state index is 11.8. The van der Waals surface area contributed by atoms with Gasteiger partial charge in [0.1, 0.15) is 11.6 Å². The van der Waals surface area contributed by atoms with E-state index in [4.69, 9.17) is 4.74 Å². The molecule has 1 aromatic heterocycles. The van der Waals surface area contributed by atoms with Gasteiger partial charge in [-0.2, -0.15) is 0 Å². The Hall–Kier alpha value is -2.56. The minimum absolute atomic E-state index is 0.245. The van der Waals surface area contributed by atoms with Crippen molar-refractivity contribution in [3.63, 3.8) is 0 Å². The number of anilines is 1. The Morgan fingerprint density at radius 2 is 2.00 bits per heavy atom. The molecule has 0 saturated carbocycles. The van der Waals surface area contributed by atoms with E-state index in [1.807, 2.05) is 43.3 Å². The molecule has 0 aliphatic rings. The molecule has 0 unspecified atom stereocenters. The Bertz CT molecular complexity index is 597. The Morgan fingerprint density at radius 1 is 1.24 bits per heavy atom. The highest BCUT2D eigenvalue weighted by Gasteiger charge is 2.04. The quantitative estimate of drug-likeness (QED) is 0.888. The maximum absolute atomic E-state index is 11.8. The molecule has 0 atom stereocenters. The fourth-order valence-electron chi connectivity index (χ4n) is 1.88. The molecular formula is C16H19N3O2. The zero-order chi connectivity index (χ0) is 15.1. The van der Waals surface area contributed by atoms with Crippen LogP contribution < -0.4 is 15.4 Å². The van der Waals surface area contributed by atoms with E-state index in [1.165, 1.54) is 0 Å². The molecule has 1 heterocycles. The molecule has 0 aliphatic carbocycles. The second-order valence-corrected chi connectivity index (χ2v) is 4.65. The summed E-state index contributed by atoms with van der Waals surface area (Å²) in [6, 6.07) is 11.3. The number of pyridine rings is 1. The lowest BCUT2D eigenvalue weighted by Gasteiger charge is -2.09. The van der Waals surface area contributed by atoms with Crippen LogP contribution in [0.3, 0.4) is 0 Å². The molecule has 2 amide bonds. The van der Waals surface area contributed by atoms with Gasteiger partial charge in [-0.25, -0.2) is 9.78 Å². The molecule has 0 radical (unpaired) electrons. The molecule has 0 bridgehead atoms. The first-order valence-corrected chi connectivity index (χ1v) is 6.78. The summed E-state index contributed by atoms with van der Waals surface area (Å²) >= 11 is 0. The third-order valence-electron chi connectivity index (χ3n) is 3.10. The fraction of sp³-hybridized carbons (Fsp3) is 0.250. The molecule has 5 heteroatoms. The normalized spacial score (nSPS) is 10.0. The van der Waals surface area contributed by atoms with E-state index in [0.29, 0.717) is 12.4 Å². The molecule has 1 aromatic carbocycles. The van der Waals surface area contributed by atoms with Gasteiger partial charge >= 0.3 is 6.03 Å². The van der Waals surface area contributed by atoms with E-state index in [0.717, 1.165) is 23.3 Å². The van der Waals surface area contributed by atoms with E-state index < -0.39 is 0 Å². The standard InChI is InChI=1S/C16H19N3O2/c1-12-4-3-10-17-15(12)19-16(20)18-11-9-13-5-7-14(21-2)8-6-13/h3-8,10H,9,11H2,1-2H3,(H2,17,18,19,20). The number of aromatic nitrogens is 1. The van der Waals surface area contributed by atoms with Crippen molar-refractivity contribution in [2.24, 2.45) is 0 Å². The third kappa shape index (κ3) is 4.49. The monoisotopic (exact) mass is 285 g/mol. The minimum atomic E-state index is -0.245. The summed E-state index contributed by atoms with van der Waals surface area (Å²) in [5.41, 5.74) is 2.08. The van der Waals surface area contributed by atoms with Crippen LogP contribution in [0.25, 0.3) is 0 Å². The van der Waals surface area contributed by atoms with Gasteiger partial charge in [-0.05, 0) is 42.7 Å². The van der Waals surface area contributed by atoms with Gasteiger partial charge < -0.3 is 10.1 Å². The number of rotatable bonds is 5. The van der Waals surface area contributed by atoms with Gasteiger partial charge in [0.25, 0.3) is 0 Å². The van der Waals surface area contributed by atoms with Gasteiger partial charge in [0.2, 0.25) is 0 Å². The van der Waals surface area contributed by atoms with E-state index in [-0.39, 0.29) is 6.03 Å². The zero-order valence-electron chi connectivity index (χ0n) is 12.2. The number of hydrogen-bond acceptors (Lipinski definition) is 3. The number of aryl methyl sites for hydroxylation is 1. The van der Waals surface area contributed by atoms with Gasteiger partial charge in [0.05, 0.1) is 7.11 Å². The van der Waals surface area contributed by atoms with E-state index >= 15 is 0 Å². The predicted molar refractivity (Wildman–Crippen MR) is 82.7 cm³/mol. The smallest absolute Gasteiger partial charge is 0.320 e. The average Bonchev–Trinajstić information content (AvgIpc) is 2.50. The van der Waals surface area contributed by atoms with E-state index in [1.54, 1.807) is 13.3 Å². The van der Waals surface area contributed by atoms with Crippen molar-refractivity contribution in [1.82, 2.24) is 10.3 Å². The SMILES string of the molecule is COc1ccc(CCNC(=O)Nc2ncccc2C)cc1. The molecule has 2 aromatic rings. The number of nitrogens with zero attached hydrogens (tertiary/aromatic N) is 1. The van der Waals surface area contributed by atoms with Crippen LogP contribution in [0.5, 0.6) is 5.75 Å². The van der Waals surface area contributed by atoms with Crippen molar-refractivity contribution in [2.45, 2.75) is 13.3 Å². The van der Waals surface area contributed by atoms with Crippen LogP contribution in [-0.2, 0) is 6.42 Å². The summed E-state index contributed by atoms with van der Waals surface area (Å²) in [5.74, 6) is 1.41. The Balaban J connectivity index is 1.77. The van der Waals surface area contributed by atoms with Gasteiger partial charge in [-0.3, -0.25) is 5.32 Å². The van der Waals surface area contributed by atoms with Crippen LogP contribution in [0.2, 0.25) is 0 Å². The van der Waals surface area contributed by atoms with Crippen molar-refractivity contribution in [3.8, 4) is 5.75 Å². The molecule has 5 nitrogen and oxygen atoms in total. The van der Waals surface area contributed by atoms with Crippen LogP contribution in [0.15, 0.2) is 42.6 Å². The first-order chi connectivity index (χ1) is 10.2. The third-order valence-corrected chi connectivity index (χ3v) is 3.10. The summed E-state index contributed by atoms with van der Waals surface area (Å²) < 4.78 is 5.10. The lowest BCUT2D eigenvalue weighted by atomic mass is 10.1. The van der Waals surface area contributed by atoms with Crippen LogP contribution in [0.4, 0.5) is 10.6 Å². The fourth-order valence-corrected chi connectivity index (χ4v) is 1.88. The molecule has 0 spiro atoms. The van der Waals surface area contributed by atoms with Crippen LogP contribution in [0, 0.1) is 6.92 Å². The van der Waals surface area contributed by atoms with Crippen molar-refractivity contribution in [2.75, 3.05) is 19.0 Å². The lowest BCUT2D eigenvalue weighted by Crippen LogP contribution is -2.31. The van der Waals surface area contributed by atoms with Crippen LogP contribution in [0.1, 0.15) is 11.1 Å². The molecule has 2 rings (SSSR count). The number of methoxy groups -OCH3 is 1. The summed E-state index contributed by atoms with van der Waals surface area (Å²) in [7, 11) is 1.64. The zero-order valence-corrected chi connectivity index (χ0v) is 12.2. The van der Waals surface area contributed by atoms with Crippen LogP contribution in [-0.4, -0.2) is 24.7 Å². The highest BCUT2D eigenvalue weighted by atomic mass is 16.5. The number of nitrogens with one attached hydrogen (secondary N) is 2. The topological polar surface area (TPSA) is 63.2 Å². The Labute approximate surface area is 124 Å². The number of carbonyl (C=O) groups excluding carboxylic acids is 1. The average molecular weight is 285 g/mol. The van der Waals surface area contributed by atoms with E-state index in [9.17, 15) is 4.79 Å². The minimum Gasteiger partial charge on any atom is -0.497 e. The van der Waals surface area contributed by atoms with Gasteiger partial charge in [0, 0.05) is 12.7 Å². The van der Waals surface area contributed by atoms with Crippen molar-refractivity contribution in [1.29, 1.82) is 0 Å². The summed E-state index contributed by atoms with van der Waals surface area (Å²) in [4.78, 5) is 15.9. The predicted octanol–water partition coefficient (Wildman–Crippen LogP) is 2.76. The van der Waals surface area contributed by atoms with Crippen molar-refractivity contribution < 1.29 is 9.53 Å². The molecule has 0 saturated heterocycles. The highest BCUT2D eigenvalue weighted by molar-refractivity contribution is 5.88. The number of benzene rings is 1. The van der Waals surface area contributed by atoms with Crippen molar-refractivity contribution >= 4 is 11.8 Å². The lowest BCUT2D eigenvalue weighted by molar-refractivity contribution is 0.252. The largest absolute Gasteiger partial charge is 0.497 e. The summed E-state index contributed by atoms with van der Waals surface area (Å²) in [6.45, 7) is 2.46. The molecule has 0 fully saturated rings. The molecule has 0 aliphatic heterocycles. The summed E-state index contributed by atoms with van der Waals surface area (Å²) in [5, 5.41) is 5.55. The number of urea groups is 1. The second-order valence-electron chi connectivity index (χ2n) is 4.65. The Morgan fingerprint density at radius 3 is 2.67 bits per heavy atom. The number of carbonyl (C=O) groups is 1. The number of amides is 2. The highest BCUT2D eigenvalue weighted by Crippen LogP contribution is 2.11. The maximum Gasteiger partial charge on any atom is 0.320 e. The molecular weight excluding hydrogens is 266 g/mol. The van der Waals surface area contributed by atoms with Crippen molar-refractivity contribution in [3.05, 3.63) is 53.7 Å². The molecule has 21 heavy (non-hydrogen) atoms. The van der Waals surface area contributed by atoms with Crippen LogP contribution >= 0.6 is 0 Å². The molecule has 110 valence electrons. The van der Waals surface area contributed by atoms with E-state index in [2.05, 4.69) is 15.6 Å². The molecule has 2 N–H and O–H groups in total. The summed E-state index contributed by atoms with van der Waals surface area (Å²) in [6.07, 6.45) is 2.42. The Kier molecular flexibility index (Phi) is 5.15. The van der Waals surface area contributed by atoms with Gasteiger partial charge in [-0.1, -0.05) is 18.2 Å². The first kappa shape index (κ1) is 14.8. The number of hydrogen-bond donors (Lipinski definition) is 2. The number of ether oxygens (including phenoxy) is 1. The first-order valence-electron chi connectivity index (χ1n) is 6.78.